The van der Waals surface area contributed by atoms with Crippen molar-refractivity contribution in [1.82, 2.24) is 9.80 Å². The van der Waals surface area contributed by atoms with E-state index in [1.165, 1.54) is 4.90 Å². The van der Waals surface area contributed by atoms with E-state index in [4.69, 9.17) is 5.11 Å². The van der Waals surface area contributed by atoms with E-state index in [0.29, 0.717) is 24.9 Å². The monoisotopic (exact) mass is 365 g/mol. The Morgan fingerprint density at radius 1 is 1.12 bits per heavy atom. The number of carbonyl (C=O) groups is 1. The summed E-state index contributed by atoms with van der Waals surface area (Å²) >= 11 is 0. The van der Waals surface area contributed by atoms with Crippen LogP contribution in [0.3, 0.4) is 0 Å². The molecule has 1 aromatic carbocycles. The van der Waals surface area contributed by atoms with Gasteiger partial charge >= 0.3 is 6.09 Å². The molecule has 2 atom stereocenters. The molecule has 142 valence electrons. The van der Waals surface area contributed by atoms with Crippen LogP contribution in [0.25, 0.3) is 0 Å². The first kappa shape index (κ1) is 17.5. The third-order valence-electron chi connectivity index (χ3n) is 6.03. The lowest BCUT2D eigenvalue weighted by atomic mass is 10.0. The van der Waals surface area contributed by atoms with Gasteiger partial charge in [0, 0.05) is 57.1 Å². The molecule has 0 radical (unpaired) electrons. The molecule has 5 nitrogen and oxygen atoms in total. The van der Waals surface area contributed by atoms with Crippen molar-refractivity contribution in [3.63, 3.8) is 0 Å². The minimum absolute atomic E-state index is 0.0889. The smallest absolute Gasteiger partial charge is 0.407 e. The normalized spacial score (nSPS) is 26.1. The fourth-order valence-corrected chi connectivity index (χ4v) is 4.72. The lowest BCUT2D eigenvalue weighted by Gasteiger charge is -2.26. The van der Waals surface area contributed by atoms with Gasteiger partial charge in [-0.25, -0.2) is 13.6 Å². The van der Waals surface area contributed by atoms with Gasteiger partial charge in [0.1, 0.15) is 0 Å². The lowest BCUT2D eigenvalue weighted by Crippen LogP contribution is -2.32. The first-order chi connectivity index (χ1) is 12.5. The summed E-state index contributed by atoms with van der Waals surface area (Å²) in [4.78, 5) is 17.2. The fraction of sp³-hybridized carbons (Fsp3) is 0.632. The molecule has 0 aromatic heterocycles. The summed E-state index contributed by atoms with van der Waals surface area (Å²) in [5.74, 6) is 0.781. The van der Waals surface area contributed by atoms with Crippen LogP contribution in [0.4, 0.5) is 19.3 Å². The molecule has 1 N–H and O–H groups in total. The molecular formula is C19H25F2N3O2. The van der Waals surface area contributed by atoms with Crippen LogP contribution in [-0.4, -0.2) is 60.3 Å². The third kappa shape index (κ3) is 3.37. The number of halogens is 2. The van der Waals surface area contributed by atoms with Crippen LogP contribution in [0.5, 0.6) is 0 Å². The molecule has 1 aromatic rings. The zero-order valence-corrected chi connectivity index (χ0v) is 14.8. The van der Waals surface area contributed by atoms with Gasteiger partial charge in [-0.3, -0.25) is 4.90 Å². The molecule has 0 aliphatic carbocycles. The van der Waals surface area contributed by atoms with Gasteiger partial charge < -0.3 is 14.9 Å². The quantitative estimate of drug-likeness (QED) is 0.890. The van der Waals surface area contributed by atoms with Crippen LogP contribution in [0, 0.1) is 11.8 Å². The van der Waals surface area contributed by atoms with Crippen LogP contribution >= 0.6 is 0 Å². The molecule has 3 aliphatic heterocycles. The number of rotatable bonds is 4. The first-order valence-corrected chi connectivity index (χ1v) is 9.37. The first-order valence-electron chi connectivity index (χ1n) is 9.37. The van der Waals surface area contributed by atoms with Crippen molar-refractivity contribution in [1.29, 1.82) is 0 Å². The highest BCUT2D eigenvalue weighted by Crippen LogP contribution is 2.35. The van der Waals surface area contributed by atoms with Crippen LogP contribution in [0.2, 0.25) is 0 Å². The standard InChI is InChI=1S/C19H25F2N3O2/c20-18(21)13-3-4-14(17(7-13)23-5-1-2-6-23)8-22-9-15-11-24(19(25)26)12-16(15)10-22/h3-4,7,15-16,18H,1-2,5-6,8-12H2,(H,25,26). The number of amides is 1. The van der Waals surface area contributed by atoms with Crippen molar-refractivity contribution in [2.24, 2.45) is 11.8 Å². The molecule has 4 rings (SSSR count). The second-order valence-corrected chi connectivity index (χ2v) is 7.78. The van der Waals surface area contributed by atoms with Crippen molar-refractivity contribution in [2.75, 3.05) is 44.2 Å². The summed E-state index contributed by atoms with van der Waals surface area (Å²) < 4.78 is 26.3. The number of hydrogen-bond donors (Lipinski definition) is 1. The Labute approximate surface area is 152 Å². The van der Waals surface area contributed by atoms with E-state index in [9.17, 15) is 13.6 Å². The number of fused-ring (bicyclic) bond motifs is 1. The van der Waals surface area contributed by atoms with E-state index in [1.807, 2.05) is 6.07 Å². The van der Waals surface area contributed by atoms with Gasteiger partial charge in [-0.1, -0.05) is 12.1 Å². The molecule has 26 heavy (non-hydrogen) atoms. The van der Waals surface area contributed by atoms with Gasteiger partial charge in [0.25, 0.3) is 6.43 Å². The Morgan fingerprint density at radius 2 is 1.77 bits per heavy atom. The summed E-state index contributed by atoms with van der Waals surface area (Å²) in [5, 5.41) is 9.14. The second kappa shape index (κ2) is 7.02. The van der Waals surface area contributed by atoms with Crippen molar-refractivity contribution in [2.45, 2.75) is 25.8 Å². The van der Waals surface area contributed by atoms with E-state index in [-0.39, 0.29) is 5.56 Å². The van der Waals surface area contributed by atoms with Crippen molar-refractivity contribution in [3.8, 4) is 0 Å². The van der Waals surface area contributed by atoms with Gasteiger partial charge in [-0.05, 0) is 36.3 Å². The molecule has 3 fully saturated rings. The number of carboxylic acid groups (broad SMARTS) is 1. The number of anilines is 1. The maximum atomic E-state index is 13.1. The van der Waals surface area contributed by atoms with Crippen molar-refractivity contribution < 1.29 is 18.7 Å². The average molecular weight is 365 g/mol. The number of likely N-dealkylation sites (tertiary alicyclic amines) is 2. The Bertz CT molecular complexity index is 665. The highest BCUT2D eigenvalue weighted by molar-refractivity contribution is 5.65. The van der Waals surface area contributed by atoms with Crippen LogP contribution in [0.15, 0.2) is 18.2 Å². The predicted octanol–water partition coefficient (Wildman–Crippen LogP) is 3.27. The van der Waals surface area contributed by atoms with E-state index in [0.717, 1.165) is 56.8 Å². The molecular weight excluding hydrogens is 340 g/mol. The Balaban J connectivity index is 1.48. The number of nitrogens with zero attached hydrogens (tertiary/aromatic N) is 3. The molecule has 3 aliphatic rings. The maximum Gasteiger partial charge on any atom is 0.407 e. The van der Waals surface area contributed by atoms with E-state index >= 15 is 0 Å². The Hall–Kier alpha value is -1.89. The van der Waals surface area contributed by atoms with Crippen molar-refractivity contribution in [3.05, 3.63) is 29.3 Å². The van der Waals surface area contributed by atoms with Gasteiger partial charge in [0.05, 0.1) is 0 Å². The molecule has 3 heterocycles. The third-order valence-corrected chi connectivity index (χ3v) is 6.03. The van der Waals surface area contributed by atoms with E-state index in [1.54, 1.807) is 12.1 Å². The predicted molar refractivity (Wildman–Crippen MR) is 94.7 cm³/mol. The van der Waals surface area contributed by atoms with Crippen molar-refractivity contribution >= 4 is 11.8 Å². The fourth-order valence-electron chi connectivity index (χ4n) is 4.72. The SMILES string of the molecule is O=C(O)N1CC2CN(Cc3ccc(C(F)F)cc3N3CCCC3)CC2C1. The van der Waals surface area contributed by atoms with Crippen LogP contribution in [-0.2, 0) is 6.54 Å². The largest absolute Gasteiger partial charge is 0.465 e. The molecule has 0 spiro atoms. The zero-order valence-electron chi connectivity index (χ0n) is 14.8. The van der Waals surface area contributed by atoms with Crippen LogP contribution in [0.1, 0.15) is 30.4 Å². The molecule has 0 saturated carbocycles. The number of benzene rings is 1. The van der Waals surface area contributed by atoms with Gasteiger partial charge in [-0.15, -0.1) is 0 Å². The number of hydrogen-bond acceptors (Lipinski definition) is 3. The van der Waals surface area contributed by atoms with E-state index < -0.39 is 12.5 Å². The molecule has 0 bridgehead atoms. The molecule has 7 heteroatoms. The highest BCUT2D eigenvalue weighted by Gasteiger charge is 2.41. The lowest BCUT2D eigenvalue weighted by molar-refractivity contribution is 0.148. The Morgan fingerprint density at radius 3 is 2.35 bits per heavy atom. The Kier molecular flexibility index (Phi) is 4.73. The summed E-state index contributed by atoms with van der Waals surface area (Å²) in [6.07, 6.45) is -1.06. The minimum atomic E-state index is -2.45. The number of alkyl halides is 2. The topological polar surface area (TPSA) is 47.0 Å². The second-order valence-electron chi connectivity index (χ2n) is 7.78. The molecule has 2 unspecified atom stereocenters. The van der Waals surface area contributed by atoms with Crippen LogP contribution < -0.4 is 4.90 Å². The van der Waals surface area contributed by atoms with Gasteiger partial charge in [0.2, 0.25) is 0 Å². The minimum Gasteiger partial charge on any atom is -0.465 e. The van der Waals surface area contributed by atoms with Gasteiger partial charge in [-0.2, -0.15) is 0 Å². The zero-order chi connectivity index (χ0) is 18.3. The average Bonchev–Trinajstić information content (AvgIpc) is 3.30. The summed E-state index contributed by atoms with van der Waals surface area (Å²) in [7, 11) is 0. The molecule has 1 amide bonds. The van der Waals surface area contributed by atoms with E-state index in [2.05, 4.69) is 9.80 Å². The maximum absolute atomic E-state index is 13.1. The summed E-state index contributed by atoms with van der Waals surface area (Å²) in [6.45, 7) is 5.58. The molecule has 3 saturated heterocycles. The van der Waals surface area contributed by atoms with Gasteiger partial charge in [0.15, 0.2) is 0 Å². The summed E-state index contributed by atoms with van der Waals surface area (Å²) in [6, 6.07) is 5.06. The summed E-state index contributed by atoms with van der Waals surface area (Å²) in [5.41, 5.74) is 2.14. The highest BCUT2D eigenvalue weighted by atomic mass is 19.3.